The van der Waals surface area contributed by atoms with Crippen LogP contribution >= 0.6 is 0 Å². The van der Waals surface area contributed by atoms with E-state index in [-0.39, 0.29) is 23.2 Å². The lowest BCUT2D eigenvalue weighted by molar-refractivity contribution is -0.118. The second kappa shape index (κ2) is 9.07. The van der Waals surface area contributed by atoms with Crippen LogP contribution in [0.5, 0.6) is 5.75 Å². The summed E-state index contributed by atoms with van der Waals surface area (Å²) in [6, 6.07) is 14.1. The number of nitrogens with one attached hydrogen (secondary N) is 1. The summed E-state index contributed by atoms with van der Waals surface area (Å²) in [7, 11) is 1.55. The van der Waals surface area contributed by atoms with Crippen molar-refractivity contribution in [3.8, 4) is 11.4 Å². The van der Waals surface area contributed by atoms with Crippen LogP contribution in [-0.4, -0.2) is 46.4 Å². The molecule has 2 aromatic carbocycles. The fourth-order valence-electron chi connectivity index (χ4n) is 4.37. The first-order valence-electron chi connectivity index (χ1n) is 11.1. The number of rotatable bonds is 5. The third-order valence-corrected chi connectivity index (χ3v) is 6.14. The van der Waals surface area contributed by atoms with Crippen molar-refractivity contribution in [2.45, 2.75) is 19.3 Å². The van der Waals surface area contributed by atoms with Gasteiger partial charge in [-0.2, -0.15) is 5.10 Å². The summed E-state index contributed by atoms with van der Waals surface area (Å²) in [4.78, 5) is 41.4. The highest BCUT2D eigenvalue weighted by Crippen LogP contribution is 2.31. The number of amides is 3. The Bertz CT molecular complexity index is 1330. The lowest BCUT2D eigenvalue weighted by atomic mass is 10.0. The van der Waals surface area contributed by atoms with E-state index in [4.69, 9.17) is 4.74 Å². The molecule has 0 saturated heterocycles. The summed E-state index contributed by atoms with van der Waals surface area (Å²) in [5, 5.41) is 13.5. The number of anilines is 2. The van der Waals surface area contributed by atoms with E-state index in [2.05, 4.69) is 5.10 Å². The van der Waals surface area contributed by atoms with Gasteiger partial charge in [-0.1, -0.05) is 6.08 Å². The Morgan fingerprint density at radius 3 is 2.34 bits per heavy atom. The first-order chi connectivity index (χ1) is 17.0. The van der Waals surface area contributed by atoms with Crippen LogP contribution in [0.25, 0.3) is 5.69 Å². The summed E-state index contributed by atoms with van der Waals surface area (Å²) >= 11 is 0. The minimum absolute atomic E-state index is 0.00272. The number of hydrogen-bond acceptors (Lipinski definition) is 6. The largest absolute Gasteiger partial charge is 0.497 e. The second-order valence-corrected chi connectivity index (χ2v) is 8.14. The highest BCUT2D eigenvalue weighted by Gasteiger charge is 2.35. The standard InChI is InChI=1S/C25H23N5O5/c1-35-19-11-9-18(10-12-19)30-23-20(22(26-30)24(32)27-34)13-15-29(25(23)33)17-7-5-16(6-8-17)28-14-3-2-4-21(28)31/h3,5-12,14,34H,2,4,13,15H2,1H3,(H,27,32). The number of fused-ring (bicyclic) bond motifs is 1. The summed E-state index contributed by atoms with van der Waals surface area (Å²) < 4.78 is 6.62. The number of benzene rings is 2. The Labute approximate surface area is 201 Å². The topological polar surface area (TPSA) is 117 Å². The Morgan fingerprint density at radius 2 is 1.69 bits per heavy atom. The molecule has 2 N–H and O–H groups in total. The van der Waals surface area contributed by atoms with Gasteiger partial charge in [-0.3, -0.25) is 24.5 Å². The zero-order valence-electron chi connectivity index (χ0n) is 19.0. The molecular weight excluding hydrogens is 450 g/mol. The van der Waals surface area contributed by atoms with E-state index in [0.29, 0.717) is 42.1 Å². The number of hydrogen-bond donors (Lipinski definition) is 2. The zero-order valence-corrected chi connectivity index (χ0v) is 19.0. The van der Waals surface area contributed by atoms with Crippen molar-refractivity contribution in [2.24, 2.45) is 0 Å². The molecule has 3 heterocycles. The maximum absolute atomic E-state index is 13.7. The highest BCUT2D eigenvalue weighted by atomic mass is 16.5. The van der Waals surface area contributed by atoms with Gasteiger partial charge < -0.3 is 9.64 Å². The number of allylic oxidation sites excluding steroid dienone is 1. The molecule has 0 saturated carbocycles. The van der Waals surface area contributed by atoms with Gasteiger partial charge >= 0.3 is 0 Å². The molecule has 1 aromatic heterocycles. The molecule has 2 aliphatic heterocycles. The fraction of sp³-hybridized carbons (Fsp3) is 0.200. The summed E-state index contributed by atoms with van der Waals surface area (Å²) in [5.74, 6) is -0.443. The van der Waals surface area contributed by atoms with Gasteiger partial charge in [-0.25, -0.2) is 10.2 Å². The van der Waals surface area contributed by atoms with E-state index in [1.54, 1.807) is 77.1 Å². The van der Waals surface area contributed by atoms with E-state index < -0.39 is 5.91 Å². The molecule has 0 unspecified atom stereocenters. The normalized spacial score (nSPS) is 15.3. The van der Waals surface area contributed by atoms with E-state index in [9.17, 15) is 19.6 Å². The van der Waals surface area contributed by atoms with Gasteiger partial charge in [-0.05, 0) is 61.4 Å². The molecule has 5 rings (SSSR count). The van der Waals surface area contributed by atoms with Crippen molar-refractivity contribution in [3.63, 3.8) is 0 Å². The highest BCUT2D eigenvalue weighted by molar-refractivity contribution is 6.09. The van der Waals surface area contributed by atoms with Gasteiger partial charge in [0, 0.05) is 36.1 Å². The first-order valence-corrected chi connectivity index (χ1v) is 11.1. The van der Waals surface area contributed by atoms with Crippen molar-refractivity contribution >= 4 is 29.1 Å². The minimum Gasteiger partial charge on any atom is -0.497 e. The maximum Gasteiger partial charge on any atom is 0.295 e. The molecule has 0 radical (unpaired) electrons. The quantitative estimate of drug-likeness (QED) is 0.435. The zero-order chi connectivity index (χ0) is 24.5. The maximum atomic E-state index is 13.7. The van der Waals surface area contributed by atoms with Crippen LogP contribution in [-0.2, 0) is 11.2 Å². The molecule has 3 amide bonds. The summed E-state index contributed by atoms with van der Waals surface area (Å²) in [6.45, 7) is 0.327. The van der Waals surface area contributed by atoms with Crippen molar-refractivity contribution in [3.05, 3.63) is 77.8 Å². The molecule has 2 aliphatic rings. The molecule has 0 fully saturated rings. The molecule has 35 heavy (non-hydrogen) atoms. The van der Waals surface area contributed by atoms with Crippen molar-refractivity contribution in [1.29, 1.82) is 0 Å². The van der Waals surface area contributed by atoms with Crippen LogP contribution in [0, 0.1) is 0 Å². The lowest BCUT2D eigenvalue weighted by Gasteiger charge is -2.28. The van der Waals surface area contributed by atoms with Crippen LogP contribution in [0.2, 0.25) is 0 Å². The molecule has 178 valence electrons. The average molecular weight is 473 g/mol. The average Bonchev–Trinajstić information content (AvgIpc) is 3.29. The van der Waals surface area contributed by atoms with Gasteiger partial charge in [0.15, 0.2) is 5.69 Å². The number of methoxy groups -OCH3 is 1. The summed E-state index contributed by atoms with van der Waals surface area (Å²) in [6.07, 6.45) is 5.28. The van der Waals surface area contributed by atoms with Crippen LogP contribution in [0.4, 0.5) is 11.4 Å². The van der Waals surface area contributed by atoms with E-state index >= 15 is 0 Å². The molecule has 0 spiro atoms. The number of ether oxygens (including phenoxy) is 1. The van der Waals surface area contributed by atoms with Gasteiger partial charge in [0.25, 0.3) is 11.8 Å². The Kier molecular flexibility index (Phi) is 5.79. The molecule has 0 aliphatic carbocycles. The van der Waals surface area contributed by atoms with E-state index in [0.717, 1.165) is 12.1 Å². The Balaban J connectivity index is 1.51. The van der Waals surface area contributed by atoms with Gasteiger partial charge in [0.2, 0.25) is 5.91 Å². The third kappa shape index (κ3) is 3.93. The number of carbonyl (C=O) groups is 3. The first kappa shape index (κ1) is 22.4. The van der Waals surface area contributed by atoms with Crippen molar-refractivity contribution < 1.29 is 24.3 Å². The molecule has 10 heteroatoms. The Morgan fingerprint density at radius 1 is 1.00 bits per heavy atom. The van der Waals surface area contributed by atoms with Crippen LogP contribution < -0.4 is 20.0 Å². The van der Waals surface area contributed by atoms with Crippen molar-refractivity contribution in [2.75, 3.05) is 23.5 Å². The molecule has 0 atom stereocenters. The molecule has 0 bridgehead atoms. The molecular formula is C25H23N5O5. The minimum atomic E-state index is -0.779. The number of carbonyl (C=O) groups excluding carboxylic acids is 3. The van der Waals surface area contributed by atoms with Gasteiger partial charge in [0.1, 0.15) is 11.4 Å². The smallest absolute Gasteiger partial charge is 0.295 e. The fourth-order valence-corrected chi connectivity index (χ4v) is 4.37. The van der Waals surface area contributed by atoms with Crippen molar-refractivity contribution in [1.82, 2.24) is 15.3 Å². The SMILES string of the molecule is COc1ccc(-n2nc(C(=O)NO)c3c2C(=O)N(c2ccc(N4C=CCCC4=O)cc2)CC3)cc1. The number of nitrogens with zero attached hydrogens (tertiary/aromatic N) is 4. The van der Waals surface area contributed by atoms with Gasteiger partial charge in [0.05, 0.1) is 12.8 Å². The number of aromatic nitrogens is 2. The monoisotopic (exact) mass is 473 g/mol. The van der Waals surface area contributed by atoms with E-state index in [1.165, 1.54) is 4.68 Å². The third-order valence-electron chi connectivity index (χ3n) is 6.14. The van der Waals surface area contributed by atoms with Gasteiger partial charge in [-0.15, -0.1) is 0 Å². The molecule has 3 aromatic rings. The Hall–Kier alpha value is -4.44. The second-order valence-electron chi connectivity index (χ2n) is 8.14. The van der Waals surface area contributed by atoms with Crippen LogP contribution in [0.15, 0.2) is 60.8 Å². The predicted octanol–water partition coefficient (Wildman–Crippen LogP) is 2.84. The summed E-state index contributed by atoms with van der Waals surface area (Å²) in [5.41, 5.74) is 4.29. The number of hydroxylamine groups is 1. The predicted molar refractivity (Wildman–Crippen MR) is 127 cm³/mol. The van der Waals surface area contributed by atoms with Crippen LogP contribution in [0.3, 0.4) is 0 Å². The molecule has 10 nitrogen and oxygen atoms in total. The van der Waals surface area contributed by atoms with E-state index in [1.807, 2.05) is 6.08 Å². The lowest BCUT2D eigenvalue weighted by Crippen LogP contribution is -2.39. The van der Waals surface area contributed by atoms with Crippen LogP contribution in [0.1, 0.15) is 39.4 Å².